The zero-order chi connectivity index (χ0) is 23.4. The normalized spacial score (nSPS) is 14.9. The van der Waals surface area contributed by atoms with E-state index in [2.05, 4.69) is 10.1 Å². The van der Waals surface area contributed by atoms with Crippen LogP contribution in [0.2, 0.25) is 0 Å². The maximum atomic E-state index is 13.1. The highest BCUT2D eigenvalue weighted by molar-refractivity contribution is 6.01. The van der Waals surface area contributed by atoms with Crippen molar-refractivity contribution in [3.63, 3.8) is 0 Å². The average molecular weight is 450 g/mol. The first kappa shape index (κ1) is 22.3. The van der Waals surface area contributed by atoms with Crippen LogP contribution in [0.25, 0.3) is 0 Å². The second-order valence-corrected chi connectivity index (χ2v) is 7.55. The van der Waals surface area contributed by atoms with Crippen LogP contribution >= 0.6 is 0 Å². The van der Waals surface area contributed by atoms with Gasteiger partial charge in [-0.25, -0.2) is 4.79 Å². The Labute approximate surface area is 192 Å². The lowest BCUT2D eigenvalue weighted by atomic mass is 10.0. The lowest BCUT2D eigenvalue weighted by Crippen LogP contribution is -2.43. The molecule has 1 amide bonds. The van der Waals surface area contributed by atoms with E-state index in [9.17, 15) is 9.59 Å². The number of anilines is 1. The summed E-state index contributed by atoms with van der Waals surface area (Å²) in [7, 11) is 2.86. The lowest BCUT2D eigenvalue weighted by molar-refractivity contribution is 0.0560. The Balaban J connectivity index is 1.56. The number of amides is 1. The molecular formula is C25H26N2O6. The third-order valence-corrected chi connectivity index (χ3v) is 5.41. The first-order valence-electron chi connectivity index (χ1n) is 10.7. The van der Waals surface area contributed by atoms with Crippen molar-refractivity contribution in [1.82, 2.24) is 4.90 Å². The molecule has 0 unspecified atom stereocenters. The molecule has 4 rings (SSSR count). The first-order valence-corrected chi connectivity index (χ1v) is 10.7. The van der Waals surface area contributed by atoms with Crippen molar-refractivity contribution in [3.8, 4) is 11.5 Å². The Bertz CT molecular complexity index is 1160. The molecule has 2 aromatic carbocycles. The van der Waals surface area contributed by atoms with Crippen molar-refractivity contribution in [3.05, 3.63) is 77.2 Å². The molecule has 0 spiro atoms. The number of hydrogen-bond donors (Lipinski definition) is 1. The van der Waals surface area contributed by atoms with E-state index in [0.717, 1.165) is 17.7 Å². The van der Waals surface area contributed by atoms with E-state index >= 15 is 0 Å². The predicted molar refractivity (Wildman–Crippen MR) is 122 cm³/mol. The minimum absolute atomic E-state index is 0.00489. The summed E-state index contributed by atoms with van der Waals surface area (Å²) in [5.41, 5.74) is 2.35. The summed E-state index contributed by atoms with van der Waals surface area (Å²) in [5.74, 6) is 1.08. The van der Waals surface area contributed by atoms with Crippen molar-refractivity contribution in [2.24, 2.45) is 0 Å². The van der Waals surface area contributed by atoms with E-state index in [1.54, 1.807) is 19.2 Å². The SMILES string of the molecule is CCCN1C(=O)c2ccccc2N[C@@H]1c1ccc(OCc2ccc(C(=O)OC)o2)c(OC)c1. The number of rotatable bonds is 8. The third kappa shape index (κ3) is 4.50. The van der Waals surface area contributed by atoms with Crippen LogP contribution in [-0.4, -0.2) is 37.5 Å². The molecule has 0 bridgehead atoms. The van der Waals surface area contributed by atoms with Crippen LogP contribution in [-0.2, 0) is 11.3 Å². The number of benzene rings is 2. The van der Waals surface area contributed by atoms with E-state index < -0.39 is 5.97 Å². The number of ether oxygens (including phenoxy) is 3. The number of nitrogens with one attached hydrogen (secondary N) is 1. The van der Waals surface area contributed by atoms with Gasteiger partial charge in [-0.3, -0.25) is 4.79 Å². The Morgan fingerprint density at radius 3 is 2.67 bits per heavy atom. The summed E-state index contributed by atoms with van der Waals surface area (Å²) in [6.45, 7) is 2.78. The van der Waals surface area contributed by atoms with E-state index in [1.807, 2.05) is 48.2 Å². The number of nitrogens with zero attached hydrogens (tertiary/aromatic N) is 1. The highest BCUT2D eigenvalue weighted by Crippen LogP contribution is 2.37. The minimum Gasteiger partial charge on any atom is -0.493 e. The Morgan fingerprint density at radius 2 is 1.91 bits per heavy atom. The molecule has 0 aliphatic carbocycles. The summed E-state index contributed by atoms with van der Waals surface area (Å²) < 4.78 is 21.5. The maximum absolute atomic E-state index is 13.1. The Kier molecular flexibility index (Phi) is 6.53. The molecular weight excluding hydrogens is 424 g/mol. The van der Waals surface area contributed by atoms with Crippen molar-refractivity contribution >= 4 is 17.6 Å². The number of fused-ring (bicyclic) bond motifs is 1. The highest BCUT2D eigenvalue weighted by Gasteiger charge is 2.32. The zero-order valence-electron chi connectivity index (χ0n) is 18.8. The van der Waals surface area contributed by atoms with Gasteiger partial charge in [0.05, 0.1) is 19.8 Å². The number of carbonyl (C=O) groups excluding carboxylic acids is 2. The quantitative estimate of drug-likeness (QED) is 0.501. The Hall–Kier alpha value is -3.94. The summed E-state index contributed by atoms with van der Waals surface area (Å²) in [5, 5.41) is 3.48. The van der Waals surface area contributed by atoms with E-state index in [-0.39, 0.29) is 24.4 Å². The summed E-state index contributed by atoms with van der Waals surface area (Å²) >= 11 is 0. The van der Waals surface area contributed by atoms with Gasteiger partial charge in [-0.15, -0.1) is 0 Å². The molecule has 0 fully saturated rings. The van der Waals surface area contributed by atoms with Crippen molar-refractivity contribution in [2.75, 3.05) is 26.1 Å². The summed E-state index contributed by atoms with van der Waals surface area (Å²) in [4.78, 5) is 26.5. The Morgan fingerprint density at radius 1 is 1.09 bits per heavy atom. The highest BCUT2D eigenvalue weighted by atomic mass is 16.5. The summed E-state index contributed by atoms with van der Waals surface area (Å²) in [6.07, 6.45) is 0.504. The zero-order valence-corrected chi connectivity index (χ0v) is 18.8. The van der Waals surface area contributed by atoms with Gasteiger partial charge in [0.25, 0.3) is 5.91 Å². The molecule has 33 heavy (non-hydrogen) atoms. The second-order valence-electron chi connectivity index (χ2n) is 7.55. The molecule has 0 radical (unpaired) electrons. The van der Waals surface area contributed by atoms with E-state index in [4.69, 9.17) is 13.9 Å². The molecule has 2 heterocycles. The van der Waals surface area contributed by atoms with Crippen LogP contribution in [0, 0.1) is 0 Å². The topological polar surface area (TPSA) is 90.2 Å². The minimum atomic E-state index is -0.545. The molecule has 1 aliphatic heterocycles. The molecule has 1 N–H and O–H groups in total. The number of furan rings is 1. The van der Waals surface area contributed by atoms with Gasteiger partial charge in [-0.2, -0.15) is 0 Å². The van der Waals surface area contributed by atoms with Gasteiger partial charge in [0, 0.05) is 12.2 Å². The smallest absolute Gasteiger partial charge is 0.373 e. The second kappa shape index (κ2) is 9.68. The van der Waals surface area contributed by atoms with Gasteiger partial charge >= 0.3 is 5.97 Å². The number of methoxy groups -OCH3 is 2. The largest absolute Gasteiger partial charge is 0.493 e. The van der Waals surface area contributed by atoms with Crippen LogP contribution in [0.15, 0.2) is 59.0 Å². The van der Waals surface area contributed by atoms with Crippen molar-refractivity contribution in [1.29, 1.82) is 0 Å². The third-order valence-electron chi connectivity index (χ3n) is 5.41. The number of para-hydroxylation sites is 1. The van der Waals surface area contributed by atoms with Gasteiger partial charge in [0.15, 0.2) is 11.5 Å². The van der Waals surface area contributed by atoms with E-state index in [1.165, 1.54) is 13.2 Å². The fraction of sp³-hybridized carbons (Fsp3) is 0.280. The van der Waals surface area contributed by atoms with Crippen molar-refractivity contribution < 1.29 is 28.2 Å². The number of hydrogen-bond acceptors (Lipinski definition) is 7. The average Bonchev–Trinajstić information content (AvgIpc) is 3.33. The molecule has 8 nitrogen and oxygen atoms in total. The van der Waals surface area contributed by atoms with Crippen LogP contribution in [0.3, 0.4) is 0 Å². The van der Waals surface area contributed by atoms with Crippen molar-refractivity contribution in [2.45, 2.75) is 26.1 Å². The van der Waals surface area contributed by atoms with Crippen LogP contribution < -0.4 is 14.8 Å². The number of esters is 1. The fourth-order valence-corrected chi connectivity index (χ4v) is 3.82. The van der Waals surface area contributed by atoms with Crippen LogP contribution in [0.1, 0.15) is 51.7 Å². The molecule has 172 valence electrons. The molecule has 8 heteroatoms. The van der Waals surface area contributed by atoms with Gasteiger partial charge < -0.3 is 28.8 Å². The first-order chi connectivity index (χ1) is 16.0. The van der Waals surface area contributed by atoms with Crippen LogP contribution in [0.5, 0.6) is 11.5 Å². The van der Waals surface area contributed by atoms with Gasteiger partial charge in [0.2, 0.25) is 5.76 Å². The molecule has 0 saturated carbocycles. The van der Waals surface area contributed by atoms with Gasteiger partial charge in [-0.1, -0.05) is 25.1 Å². The molecule has 3 aromatic rings. The molecule has 1 aliphatic rings. The fourth-order valence-electron chi connectivity index (χ4n) is 3.82. The van der Waals surface area contributed by atoms with Gasteiger partial charge in [-0.05, 0) is 48.4 Å². The monoisotopic (exact) mass is 450 g/mol. The lowest BCUT2D eigenvalue weighted by Gasteiger charge is -2.38. The predicted octanol–water partition coefficient (Wildman–Crippen LogP) is 4.63. The van der Waals surface area contributed by atoms with Gasteiger partial charge in [0.1, 0.15) is 18.5 Å². The van der Waals surface area contributed by atoms with Crippen LogP contribution in [0.4, 0.5) is 5.69 Å². The van der Waals surface area contributed by atoms with E-state index in [0.29, 0.717) is 29.4 Å². The summed E-state index contributed by atoms with van der Waals surface area (Å²) in [6, 6.07) is 16.3. The number of carbonyl (C=O) groups is 2. The molecule has 0 saturated heterocycles. The molecule has 1 atom stereocenters. The standard InChI is InChI=1S/C25H26N2O6/c1-4-13-27-23(26-19-8-6-5-7-18(19)24(27)28)16-9-11-20(22(14-16)30-2)32-15-17-10-12-21(33-17)25(29)31-3/h5-12,14,23,26H,4,13,15H2,1-3H3/t23-/m0/s1. The molecule has 1 aromatic heterocycles. The maximum Gasteiger partial charge on any atom is 0.373 e.